The molecule has 0 aliphatic carbocycles. The van der Waals surface area contributed by atoms with Gasteiger partial charge in [-0.3, -0.25) is 0 Å². The molecule has 0 saturated heterocycles. The molecule has 1 N–H and O–H groups in total. The van der Waals surface area contributed by atoms with Gasteiger partial charge < -0.3 is 5.11 Å². The first-order valence-electron chi connectivity index (χ1n) is 4.78. The molecule has 0 saturated carbocycles. The summed E-state index contributed by atoms with van der Waals surface area (Å²) < 4.78 is 0. The second kappa shape index (κ2) is 3.93. The summed E-state index contributed by atoms with van der Waals surface area (Å²) in [5.41, 5.74) is 3.52. The fourth-order valence-electron chi connectivity index (χ4n) is 1.45. The molecule has 1 nitrogen and oxygen atoms in total. The van der Waals surface area contributed by atoms with Crippen molar-refractivity contribution in [2.75, 3.05) is 0 Å². The van der Waals surface area contributed by atoms with Gasteiger partial charge in [0.25, 0.3) is 0 Å². The Bertz CT molecular complexity index is 289. The first kappa shape index (κ1) is 10.3. The molecule has 0 bridgehead atoms. The van der Waals surface area contributed by atoms with E-state index < -0.39 is 0 Å². The Balaban J connectivity index is 3.07. The van der Waals surface area contributed by atoms with Crippen LogP contribution >= 0.6 is 0 Å². The molecule has 0 aliphatic rings. The number of aryl methyl sites for hydroxylation is 1. The van der Waals surface area contributed by atoms with Crippen LogP contribution in [0.15, 0.2) is 18.2 Å². The maximum absolute atomic E-state index is 9.90. The summed E-state index contributed by atoms with van der Waals surface area (Å²) >= 11 is 0. The number of hydrogen-bond donors (Lipinski definition) is 1. The zero-order valence-corrected chi connectivity index (χ0v) is 8.83. The molecular weight excluding hydrogens is 160 g/mol. The zero-order chi connectivity index (χ0) is 10.0. The van der Waals surface area contributed by atoms with Gasteiger partial charge in [-0.05, 0) is 36.5 Å². The third kappa shape index (κ3) is 2.10. The summed E-state index contributed by atoms with van der Waals surface area (Å²) in [5, 5.41) is 9.90. The Morgan fingerprint density at radius 1 is 1.15 bits per heavy atom. The van der Waals surface area contributed by atoms with Crippen molar-refractivity contribution in [2.45, 2.75) is 33.8 Å². The fraction of sp³-hybridized carbons (Fsp3) is 0.500. The molecule has 13 heavy (non-hydrogen) atoms. The molecule has 0 heterocycles. The molecule has 0 spiro atoms. The maximum atomic E-state index is 9.90. The highest BCUT2D eigenvalue weighted by Crippen LogP contribution is 2.25. The Hall–Kier alpha value is -0.820. The number of rotatable bonds is 2. The predicted molar refractivity (Wildman–Crippen MR) is 55.7 cm³/mol. The van der Waals surface area contributed by atoms with Crippen LogP contribution in [-0.2, 0) is 0 Å². The van der Waals surface area contributed by atoms with Crippen molar-refractivity contribution < 1.29 is 5.11 Å². The van der Waals surface area contributed by atoms with Gasteiger partial charge in [-0.1, -0.05) is 32.0 Å². The topological polar surface area (TPSA) is 20.2 Å². The summed E-state index contributed by atoms with van der Waals surface area (Å²) in [6.45, 7) is 8.21. The smallest absolute Gasteiger partial charge is 0.0815 e. The minimum atomic E-state index is -0.333. The average Bonchev–Trinajstić information content (AvgIpc) is 2.08. The molecule has 1 unspecified atom stereocenters. The lowest BCUT2D eigenvalue weighted by molar-refractivity contribution is 0.126. The standard InChI is InChI=1S/C12H18O/c1-8(2)12(13)11-7-5-6-9(3)10(11)4/h5-8,12-13H,1-4H3. The van der Waals surface area contributed by atoms with Crippen LogP contribution in [0.2, 0.25) is 0 Å². The third-order valence-electron chi connectivity index (χ3n) is 2.60. The van der Waals surface area contributed by atoms with Gasteiger partial charge in [-0.15, -0.1) is 0 Å². The van der Waals surface area contributed by atoms with Crippen LogP contribution in [0.1, 0.15) is 36.6 Å². The van der Waals surface area contributed by atoms with Crippen molar-refractivity contribution in [1.82, 2.24) is 0 Å². The SMILES string of the molecule is Cc1cccc(C(O)C(C)C)c1C. The Morgan fingerprint density at radius 2 is 1.77 bits per heavy atom. The van der Waals surface area contributed by atoms with Crippen LogP contribution < -0.4 is 0 Å². The second-order valence-corrected chi connectivity index (χ2v) is 3.98. The Kier molecular flexibility index (Phi) is 3.10. The van der Waals surface area contributed by atoms with E-state index >= 15 is 0 Å². The summed E-state index contributed by atoms with van der Waals surface area (Å²) in [6.07, 6.45) is -0.333. The van der Waals surface area contributed by atoms with Crippen LogP contribution in [0.5, 0.6) is 0 Å². The van der Waals surface area contributed by atoms with E-state index in [9.17, 15) is 5.11 Å². The van der Waals surface area contributed by atoms with Crippen molar-refractivity contribution in [2.24, 2.45) is 5.92 Å². The molecule has 0 fully saturated rings. The molecule has 1 aromatic rings. The molecule has 1 heteroatoms. The number of hydrogen-bond acceptors (Lipinski definition) is 1. The van der Waals surface area contributed by atoms with E-state index in [1.807, 2.05) is 26.0 Å². The van der Waals surface area contributed by atoms with Crippen molar-refractivity contribution >= 4 is 0 Å². The molecule has 1 rings (SSSR count). The van der Waals surface area contributed by atoms with Gasteiger partial charge in [-0.25, -0.2) is 0 Å². The molecular formula is C12H18O. The molecule has 0 aliphatic heterocycles. The molecule has 0 radical (unpaired) electrons. The van der Waals surface area contributed by atoms with Crippen LogP contribution in [0.4, 0.5) is 0 Å². The Labute approximate surface area is 80.4 Å². The average molecular weight is 178 g/mol. The lowest BCUT2D eigenvalue weighted by atomic mass is 9.93. The number of benzene rings is 1. The monoisotopic (exact) mass is 178 g/mol. The Morgan fingerprint density at radius 3 is 2.31 bits per heavy atom. The van der Waals surface area contributed by atoms with Gasteiger partial charge >= 0.3 is 0 Å². The highest BCUT2D eigenvalue weighted by Gasteiger charge is 2.14. The minimum Gasteiger partial charge on any atom is -0.388 e. The van der Waals surface area contributed by atoms with E-state index in [-0.39, 0.29) is 12.0 Å². The number of aliphatic hydroxyl groups is 1. The fourth-order valence-corrected chi connectivity index (χ4v) is 1.45. The van der Waals surface area contributed by atoms with Crippen molar-refractivity contribution in [3.8, 4) is 0 Å². The van der Waals surface area contributed by atoms with Crippen LogP contribution in [0.25, 0.3) is 0 Å². The summed E-state index contributed by atoms with van der Waals surface area (Å²) in [6, 6.07) is 6.09. The van der Waals surface area contributed by atoms with Crippen LogP contribution in [0.3, 0.4) is 0 Å². The van der Waals surface area contributed by atoms with E-state index in [0.717, 1.165) is 5.56 Å². The van der Waals surface area contributed by atoms with Gasteiger partial charge in [0.05, 0.1) is 6.10 Å². The van der Waals surface area contributed by atoms with Gasteiger partial charge in [0.15, 0.2) is 0 Å². The normalized spacial score (nSPS) is 13.4. The number of aliphatic hydroxyl groups excluding tert-OH is 1. The van der Waals surface area contributed by atoms with E-state index in [2.05, 4.69) is 19.9 Å². The second-order valence-electron chi connectivity index (χ2n) is 3.98. The lowest BCUT2D eigenvalue weighted by Crippen LogP contribution is -2.07. The largest absolute Gasteiger partial charge is 0.388 e. The van der Waals surface area contributed by atoms with Gasteiger partial charge in [0.2, 0.25) is 0 Å². The van der Waals surface area contributed by atoms with E-state index in [1.165, 1.54) is 11.1 Å². The predicted octanol–water partition coefficient (Wildman–Crippen LogP) is 2.99. The van der Waals surface area contributed by atoms with Crippen LogP contribution in [-0.4, -0.2) is 5.11 Å². The van der Waals surface area contributed by atoms with E-state index in [1.54, 1.807) is 0 Å². The molecule has 72 valence electrons. The highest BCUT2D eigenvalue weighted by molar-refractivity contribution is 5.34. The first-order chi connectivity index (χ1) is 6.04. The van der Waals surface area contributed by atoms with Crippen molar-refractivity contribution in [3.63, 3.8) is 0 Å². The van der Waals surface area contributed by atoms with Crippen molar-refractivity contribution in [3.05, 3.63) is 34.9 Å². The van der Waals surface area contributed by atoms with E-state index in [0.29, 0.717) is 0 Å². The summed E-state index contributed by atoms with van der Waals surface area (Å²) in [7, 11) is 0. The third-order valence-corrected chi connectivity index (χ3v) is 2.60. The minimum absolute atomic E-state index is 0.278. The van der Waals surface area contributed by atoms with Crippen molar-refractivity contribution in [1.29, 1.82) is 0 Å². The maximum Gasteiger partial charge on any atom is 0.0815 e. The highest BCUT2D eigenvalue weighted by atomic mass is 16.3. The van der Waals surface area contributed by atoms with Gasteiger partial charge in [0, 0.05) is 0 Å². The lowest BCUT2D eigenvalue weighted by Gasteiger charge is -2.18. The molecule has 1 atom stereocenters. The van der Waals surface area contributed by atoms with Gasteiger partial charge in [0.1, 0.15) is 0 Å². The van der Waals surface area contributed by atoms with Gasteiger partial charge in [-0.2, -0.15) is 0 Å². The molecule has 1 aromatic carbocycles. The molecule has 0 amide bonds. The summed E-state index contributed by atoms with van der Waals surface area (Å²) in [5.74, 6) is 0.278. The quantitative estimate of drug-likeness (QED) is 0.738. The van der Waals surface area contributed by atoms with E-state index in [4.69, 9.17) is 0 Å². The summed E-state index contributed by atoms with van der Waals surface area (Å²) in [4.78, 5) is 0. The van der Waals surface area contributed by atoms with Crippen LogP contribution in [0, 0.1) is 19.8 Å². The zero-order valence-electron chi connectivity index (χ0n) is 8.83. The first-order valence-corrected chi connectivity index (χ1v) is 4.78. The molecule has 0 aromatic heterocycles.